The fourth-order valence-electron chi connectivity index (χ4n) is 2.76. The fourth-order valence-corrected chi connectivity index (χ4v) is 2.76. The Bertz CT molecular complexity index is 729. The molecule has 0 bridgehead atoms. The van der Waals surface area contributed by atoms with Gasteiger partial charge in [0.15, 0.2) is 11.5 Å². The summed E-state index contributed by atoms with van der Waals surface area (Å²) in [5.41, 5.74) is 2.22. The van der Waals surface area contributed by atoms with E-state index in [9.17, 15) is 4.79 Å². The molecule has 25 heavy (non-hydrogen) atoms. The van der Waals surface area contributed by atoms with Crippen LogP contribution in [0, 0.1) is 0 Å². The second-order valence-corrected chi connectivity index (χ2v) is 5.93. The van der Waals surface area contributed by atoms with Gasteiger partial charge in [0.1, 0.15) is 19.0 Å². The molecule has 0 aromatic heterocycles. The predicted octanol–water partition coefficient (Wildman–Crippen LogP) is 2.76. The Hall–Kier alpha value is -2.69. The van der Waals surface area contributed by atoms with Crippen molar-refractivity contribution in [1.82, 2.24) is 5.32 Å². The number of hydrogen-bond acceptors (Lipinski definition) is 4. The van der Waals surface area contributed by atoms with E-state index in [1.807, 2.05) is 42.5 Å². The largest absolute Gasteiger partial charge is 0.497 e. The molecule has 0 unspecified atom stereocenters. The molecule has 0 atom stereocenters. The molecule has 132 valence electrons. The van der Waals surface area contributed by atoms with Crippen LogP contribution in [0.4, 0.5) is 0 Å². The number of aryl methyl sites for hydroxylation is 1. The van der Waals surface area contributed by atoms with Gasteiger partial charge in [-0.05, 0) is 48.2 Å². The molecule has 0 radical (unpaired) electrons. The highest BCUT2D eigenvalue weighted by Gasteiger charge is 2.11. The first-order valence-corrected chi connectivity index (χ1v) is 8.53. The summed E-state index contributed by atoms with van der Waals surface area (Å²) >= 11 is 0. The van der Waals surface area contributed by atoms with Crippen LogP contribution in [-0.2, 0) is 17.6 Å². The van der Waals surface area contributed by atoms with Crippen LogP contribution in [-0.4, -0.2) is 32.8 Å². The third-order valence-corrected chi connectivity index (χ3v) is 4.12. The zero-order valence-corrected chi connectivity index (χ0v) is 14.4. The van der Waals surface area contributed by atoms with Gasteiger partial charge in [-0.1, -0.05) is 18.2 Å². The van der Waals surface area contributed by atoms with Gasteiger partial charge in [0.2, 0.25) is 5.91 Å². The minimum atomic E-state index is 0.0559. The summed E-state index contributed by atoms with van der Waals surface area (Å²) in [7, 11) is 1.64. The maximum atomic E-state index is 12.0. The normalized spacial score (nSPS) is 12.5. The van der Waals surface area contributed by atoms with Crippen molar-refractivity contribution in [3.05, 3.63) is 53.6 Å². The van der Waals surface area contributed by atoms with E-state index in [4.69, 9.17) is 14.2 Å². The van der Waals surface area contributed by atoms with Gasteiger partial charge in [-0.2, -0.15) is 0 Å². The standard InChI is InChI=1S/C20H23NO4/c1-23-17-4-2-3-15(13-17)6-8-20(22)21-10-9-16-5-7-18-19(14-16)25-12-11-24-18/h2-5,7,13-14H,6,8-12H2,1H3,(H,21,22). The van der Waals surface area contributed by atoms with Gasteiger partial charge >= 0.3 is 0 Å². The second-order valence-electron chi connectivity index (χ2n) is 5.93. The second kappa shape index (κ2) is 8.42. The molecular weight excluding hydrogens is 318 g/mol. The van der Waals surface area contributed by atoms with Gasteiger partial charge in [0.25, 0.3) is 0 Å². The van der Waals surface area contributed by atoms with Crippen LogP contribution < -0.4 is 19.5 Å². The van der Waals surface area contributed by atoms with Crippen molar-refractivity contribution < 1.29 is 19.0 Å². The maximum absolute atomic E-state index is 12.0. The highest BCUT2D eigenvalue weighted by Crippen LogP contribution is 2.30. The number of amides is 1. The van der Waals surface area contributed by atoms with E-state index in [2.05, 4.69) is 5.32 Å². The van der Waals surface area contributed by atoms with Crippen molar-refractivity contribution in [2.45, 2.75) is 19.3 Å². The average Bonchev–Trinajstić information content (AvgIpc) is 2.66. The summed E-state index contributed by atoms with van der Waals surface area (Å²) in [5, 5.41) is 2.97. The summed E-state index contributed by atoms with van der Waals surface area (Å²) < 4.78 is 16.3. The number of nitrogens with one attached hydrogen (secondary N) is 1. The lowest BCUT2D eigenvalue weighted by atomic mass is 10.1. The summed E-state index contributed by atoms with van der Waals surface area (Å²) in [4.78, 5) is 12.0. The Labute approximate surface area is 147 Å². The number of methoxy groups -OCH3 is 1. The van der Waals surface area contributed by atoms with Gasteiger partial charge in [-0.15, -0.1) is 0 Å². The first-order valence-electron chi connectivity index (χ1n) is 8.53. The van der Waals surface area contributed by atoms with E-state index in [-0.39, 0.29) is 5.91 Å². The third kappa shape index (κ3) is 4.89. The Morgan fingerprint density at radius 3 is 2.68 bits per heavy atom. The van der Waals surface area contributed by atoms with Crippen molar-refractivity contribution in [1.29, 1.82) is 0 Å². The van der Waals surface area contributed by atoms with E-state index < -0.39 is 0 Å². The molecule has 3 rings (SSSR count). The molecule has 1 heterocycles. The Kier molecular flexibility index (Phi) is 5.77. The number of rotatable bonds is 7. The highest BCUT2D eigenvalue weighted by molar-refractivity contribution is 5.76. The Balaban J connectivity index is 1.42. The molecule has 0 saturated carbocycles. The minimum Gasteiger partial charge on any atom is -0.497 e. The van der Waals surface area contributed by atoms with Crippen LogP contribution in [0.25, 0.3) is 0 Å². The first-order chi connectivity index (χ1) is 12.2. The van der Waals surface area contributed by atoms with Gasteiger partial charge in [-0.3, -0.25) is 4.79 Å². The summed E-state index contributed by atoms with van der Waals surface area (Å²) in [6.45, 7) is 1.78. The molecule has 2 aromatic carbocycles. The van der Waals surface area contributed by atoms with E-state index in [0.29, 0.717) is 32.6 Å². The van der Waals surface area contributed by atoms with Crippen molar-refractivity contribution >= 4 is 5.91 Å². The summed E-state index contributed by atoms with van der Waals surface area (Å²) in [5.74, 6) is 2.45. The van der Waals surface area contributed by atoms with Crippen LogP contribution in [0.2, 0.25) is 0 Å². The highest BCUT2D eigenvalue weighted by atomic mass is 16.6. The van der Waals surface area contributed by atoms with E-state index in [1.165, 1.54) is 0 Å². The van der Waals surface area contributed by atoms with E-state index in [1.54, 1.807) is 7.11 Å². The molecule has 5 heteroatoms. The number of ether oxygens (including phenoxy) is 3. The van der Waals surface area contributed by atoms with Crippen LogP contribution in [0.1, 0.15) is 17.5 Å². The Morgan fingerprint density at radius 2 is 1.84 bits per heavy atom. The summed E-state index contributed by atoms with van der Waals surface area (Å²) in [6, 6.07) is 13.7. The van der Waals surface area contributed by atoms with Gasteiger partial charge in [-0.25, -0.2) is 0 Å². The number of carbonyl (C=O) groups is 1. The molecule has 1 amide bonds. The monoisotopic (exact) mass is 341 g/mol. The molecule has 5 nitrogen and oxygen atoms in total. The molecule has 0 fully saturated rings. The van der Waals surface area contributed by atoms with Gasteiger partial charge in [0, 0.05) is 13.0 Å². The maximum Gasteiger partial charge on any atom is 0.220 e. The molecule has 0 saturated heterocycles. The lowest BCUT2D eigenvalue weighted by Crippen LogP contribution is -2.26. The summed E-state index contributed by atoms with van der Waals surface area (Å²) in [6.07, 6.45) is 1.93. The molecule has 0 spiro atoms. The van der Waals surface area contributed by atoms with Crippen molar-refractivity contribution in [3.8, 4) is 17.2 Å². The quantitative estimate of drug-likeness (QED) is 0.841. The first kappa shape index (κ1) is 17.1. The molecule has 1 aliphatic heterocycles. The fraction of sp³-hybridized carbons (Fsp3) is 0.350. The molecule has 2 aromatic rings. The average molecular weight is 341 g/mol. The zero-order valence-electron chi connectivity index (χ0n) is 14.4. The van der Waals surface area contributed by atoms with E-state index >= 15 is 0 Å². The van der Waals surface area contributed by atoms with Crippen LogP contribution in [0.5, 0.6) is 17.2 Å². The predicted molar refractivity (Wildman–Crippen MR) is 95.5 cm³/mol. The SMILES string of the molecule is COc1cccc(CCC(=O)NCCc2ccc3c(c2)OCCO3)c1. The van der Waals surface area contributed by atoms with Crippen LogP contribution >= 0.6 is 0 Å². The molecule has 1 aliphatic rings. The number of fused-ring (bicyclic) bond motifs is 1. The van der Waals surface area contributed by atoms with Crippen molar-refractivity contribution in [2.75, 3.05) is 26.9 Å². The number of carbonyl (C=O) groups excluding carboxylic acids is 1. The molecular formula is C20H23NO4. The van der Waals surface area contributed by atoms with E-state index in [0.717, 1.165) is 34.8 Å². The van der Waals surface area contributed by atoms with Crippen molar-refractivity contribution in [3.63, 3.8) is 0 Å². The Morgan fingerprint density at radius 1 is 1.04 bits per heavy atom. The number of benzene rings is 2. The lowest BCUT2D eigenvalue weighted by Gasteiger charge is -2.18. The molecule has 1 N–H and O–H groups in total. The smallest absolute Gasteiger partial charge is 0.220 e. The zero-order chi connectivity index (χ0) is 17.5. The van der Waals surface area contributed by atoms with Gasteiger partial charge in [0.05, 0.1) is 7.11 Å². The molecule has 0 aliphatic carbocycles. The topological polar surface area (TPSA) is 56.8 Å². The van der Waals surface area contributed by atoms with Crippen LogP contribution in [0.15, 0.2) is 42.5 Å². The van der Waals surface area contributed by atoms with Gasteiger partial charge < -0.3 is 19.5 Å². The van der Waals surface area contributed by atoms with Crippen molar-refractivity contribution in [2.24, 2.45) is 0 Å². The van der Waals surface area contributed by atoms with Crippen LogP contribution in [0.3, 0.4) is 0 Å². The minimum absolute atomic E-state index is 0.0559. The number of hydrogen-bond donors (Lipinski definition) is 1. The third-order valence-electron chi connectivity index (χ3n) is 4.12. The lowest BCUT2D eigenvalue weighted by molar-refractivity contribution is -0.121.